The second-order valence-corrected chi connectivity index (χ2v) is 4.26. The number of aryl methyl sites for hydroxylation is 1. The van der Waals surface area contributed by atoms with Gasteiger partial charge in [-0.05, 0) is 36.2 Å². The summed E-state index contributed by atoms with van der Waals surface area (Å²) >= 11 is 0. The van der Waals surface area contributed by atoms with Crippen LogP contribution in [0.5, 0.6) is 11.5 Å². The summed E-state index contributed by atoms with van der Waals surface area (Å²) in [6.07, 6.45) is 0.279. The molecule has 0 aromatic heterocycles. The van der Waals surface area contributed by atoms with Gasteiger partial charge in [-0.25, -0.2) is 0 Å². The van der Waals surface area contributed by atoms with Gasteiger partial charge < -0.3 is 9.47 Å². The Morgan fingerprint density at radius 2 is 1.74 bits per heavy atom. The standard InChI is InChI=1S/C16H16O3/c1-12-5-3-4-6-15(12)19-14-9-7-13(8-10-14)11-16(17)18-2/h3-10H,11H2,1-2H3. The number of hydrogen-bond donors (Lipinski definition) is 0. The Morgan fingerprint density at radius 1 is 1.05 bits per heavy atom. The number of carbonyl (C=O) groups excluding carboxylic acids is 1. The van der Waals surface area contributed by atoms with Gasteiger partial charge in [0.05, 0.1) is 13.5 Å². The highest BCUT2D eigenvalue weighted by atomic mass is 16.5. The van der Waals surface area contributed by atoms with Crippen molar-refractivity contribution in [3.8, 4) is 11.5 Å². The molecule has 3 heteroatoms. The maximum absolute atomic E-state index is 11.1. The van der Waals surface area contributed by atoms with Gasteiger partial charge in [-0.1, -0.05) is 30.3 Å². The van der Waals surface area contributed by atoms with Gasteiger partial charge in [-0.2, -0.15) is 0 Å². The van der Waals surface area contributed by atoms with Gasteiger partial charge >= 0.3 is 5.97 Å². The number of methoxy groups -OCH3 is 1. The van der Waals surface area contributed by atoms with Crippen molar-refractivity contribution in [2.45, 2.75) is 13.3 Å². The fraction of sp³-hybridized carbons (Fsp3) is 0.188. The molecular formula is C16H16O3. The number of hydrogen-bond acceptors (Lipinski definition) is 3. The highest BCUT2D eigenvalue weighted by Crippen LogP contribution is 2.24. The molecule has 3 nitrogen and oxygen atoms in total. The van der Waals surface area contributed by atoms with Crippen molar-refractivity contribution in [1.82, 2.24) is 0 Å². The summed E-state index contributed by atoms with van der Waals surface area (Å²) < 4.78 is 10.4. The summed E-state index contributed by atoms with van der Waals surface area (Å²) in [6.45, 7) is 2.00. The Morgan fingerprint density at radius 3 is 2.37 bits per heavy atom. The molecule has 2 rings (SSSR count). The second-order valence-electron chi connectivity index (χ2n) is 4.26. The first-order chi connectivity index (χ1) is 9.19. The highest BCUT2D eigenvalue weighted by Gasteiger charge is 2.04. The molecule has 0 unspecified atom stereocenters. The van der Waals surface area contributed by atoms with E-state index in [9.17, 15) is 4.79 Å². The van der Waals surface area contributed by atoms with E-state index in [0.29, 0.717) is 0 Å². The Labute approximate surface area is 112 Å². The van der Waals surface area contributed by atoms with E-state index in [1.165, 1.54) is 7.11 Å². The minimum Gasteiger partial charge on any atom is -0.469 e. The van der Waals surface area contributed by atoms with Crippen LogP contribution < -0.4 is 4.74 Å². The maximum Gasteiger partial charge on any atom is 0.309 e. The zero-order valence-corrected chi connectivity index (χ0v) is 11.1. The number of carbonyl (C=O) groups is 1. The molecule has 0 saturated carbocycles. The summed E-state index contributed by atoms with van der Waals surface area (Å²) in [5, 5.41) is 0. The van der Waals surface area contributed by atoms with E-state index in [0.717, 1.165) is 22.6 Å². The van der Waals surface area contributed by atoms with Crippen LogP contribution in [-0.2, 0) is 16.0 Å². The van der Waals surface area contributed by atoms with E-state index in [4.69, 9.17) is 4.74 Å². The number of para-hydroxylation sites is 1. The normalized spacial score (nSPS) is 10.0. The average molecular weight is 256 g/mol. The van der Waals surface area contributed by atoms with Crippen molar-refractivity contribution in [1.29, 1.82) is 0 Å². The molecule has 2 aromatic carbocycles. The third kappa shape index (κ3) is 3.58. The molecule has 0 radical (unpaired) electrons. The summed E-state index contributed by atoms with van der Waals surface area (Å²) in [7, 11) is 1.39. The highest BCUT2D eigenvalue weighted by molar-refractivity contribution is 5.72. The van der Waals surface area contributed by atoms with Crippen LogP contribution in [0.4, 0.5) is 0 Å². The van der Waals surface area contributed by atoms with Gasteiger partial charge in [0.15, 0.2) is 0 Å². The maximum atomic E-state index is 11.1. The first kappa shape index (κ1) is 13.1. The van der Waals surface area contributed by atoms with Gasteiger partial charge in [0.1, 0.15) is 11.5 Å². The SMILES string of the molecule is COC(=O)Cc1ccc(Oc2ccccc2C)cc1. The largest absolute Gasteiger partial charge is 0.469 e. The topological polar surface area (TPSA) is 35.5 Å². The van der Waals surface area contributed by atoms with Gasteiger partial charge in [0.2, 0.25) is 0 Å². The number of benzene rings is 2. The molecule has 0 aliphatic heterocycles. The molecule has 0 atom stereocenters. The smallest absolute Gasteiger partial charge is 0.309 e. The molecule has 0 N–H and O–H groups in total. The van der Waals surface area contributed by atoms with Gasteiger partial charge in [0.25, 0.3) is 0 Å². The van der Waals surface area contributed by atoms with Crippen LogP contribution in [0.3, 0.4) is 0 Å². The van der Waals surface area contributed by atoms with E-state index in [2.05, 4.69) is 4.74 Å². The van der Waals surface area contributed by atoms with E-state index in [-0.39, 0.29) is 12.4 Å². The first-order valence-electron chi connectivity index (χ1n) is 6.08. The molecule has 0 amide bonds. The average Bonchev–Trinajstić information content (AvgIpc) is 2.43. The fourth-order valence-corrected chi connectivity index (χ4v) is 1.71. The van der Waals surface area contributed by atoms with Crippen molar-refractivity contribution in [3.05, 3.63) is 59.7 Å². The molecule has 0 aliphatic carbocycles. The van der Waals surface area contributed by atoms with E-state index in [1.54, 1.807) is 0 Å². The summed E-state index contributed by atoms with van der Waals surface area (Å²) in [5.74, 6) is 1.35. The van der Waals surface area contributed by atoms with Crippen LogP contribution in [0.1, 0.15) is 11.1 Å². The summed E-state index contributed by atoms with van der Waals surface area (Å²) in [6, 6.07) is 15.3. The lowest BCUT2D eigenvalue weighted by atomic mass is 10.1. The molecule has 0 saturated heterocycles. The van der Waals surface area contributed by atoms with Crippen molar-refractivity contribution in [2.24, 2.45) is 0 Å². The predicted molar refractivity (Wildman–Crippen MR) is 73.4 cm³/mol. The van der Waals surface area contributed by atoms with Crippen molar-refractivity contribution in [3.63, 3.8) is 0 Å². The second kappa shape index (κ2) is 6.05. The molecule has 0 spiro atoms. The molecule has 98 valence electrons. The summed E-state index contributed by atoms with van der Waals surface area (Å²) in [5.41, 5.74) is 1.99. The lowest BCUT2D eigenvalue weighted by Crippen LogP contribution is -2.04. The van der Waals surface area contributed by atoms with Crippen molar-refractivity contribution >= 4 is 5.97 Å². The number of ether oxygens (including phenoxy) is 2. The Bertz CT molecular complexity index is 558. The Kier molecular flexibility index (Phi) is 4.18. The molecule has 0 fully saturated rings. The van der Waals surface area contributed by atoms with Crippen LogP contribution in [0, 0.1) is 6.92 Å². The predicted octanol–water partition coefficient (Wildman–Crippen LogP) is 3.50. The van der Waals surface area contributed by atoms with Crippen LogP contribution in [0.25, 0.3) is 0 Å². The third-order valence-corrected chi connectivity index (χ3v) is 2.82. The van der Waals surface area contributed by atoms with Gasteiger partial charge in [-0.3, -0.25) is 4.79 Å². The Balaban J connectivity index is 2.07. The van der Waals surface area contributed by atoms with E-state index < -0.39 is 0 Å². The van der Waals surface area contributed by atoms with Crippen LogP contribution in [0.15, 0.2) is 48.5 Å². The quantitative estimate of drug-likeness (QED) is 0.785. The number of esters is 1. The number of rotatable bonds is 4. The van der Waals surface area contributed by atoms with Crippen molar-refractivity contribution in [2.75, 3.05) is 7.11 Å². The first-order valence-corrected chi connectivity index (χ1v) is 6.08. The van der Waals surface area contributed by atoms with Gasteiger partial charge in [-0.15, -0.1) is 0 Å². The molecule has 19 heavy (non-hydrogen) atoms. The third-order valence-electron chi connectivity index (χ3n) is 2.82. The van der Waals surface area contributed by atoms with E-state index in [1.807, 2.05) is 55.5 Å². The van der Waals surface area contributed by atoms with E-state index >= 15 is 0 Å². The van der Waals surface area contributed by atoms with Crippen molar-refractivity contribution < 1.29 is 14.3 Å². The molecule has 0 heterocycles. The molecule has 0 aliphatic rings. The summed E-state index contributed by atoms with van der Waals surface area (Å²) in [4.78, 5) is 11.1. The minimum atomic E-state index is -0.243. The molecular weight excluding hydrogens is 240 g/mol. The van der Waals surface area contributed by atoms with Crippen LogP contribution in [0.2, 0.25) is 0 Å². The minimum absolute atomic E-state index is 0.243. The van der Waals surface area contributed by atoms with Crippen LogP contribution >= 0.6 is 0 Å². The monoisotopic (exact) mass is 256 g/mol. The fourth-order valence-electron chi connectivity index (χ4n) is 1.71. The molecule has 2 aromatic rings. The molecule has 0 bridgehead atoms. The zero-order valence-electron chi connectivity index (χ0n) is 11.1. The zero-order chi connectivity index (χ0) is 13.7. The Hall–Kier alpha value is -2.29. The van der Waals surface area contributed by atoms with Gasteiger partial charge in [0, 0.05) is 0 Å². The van der Waals surface area contributed by atoms with Crippen LogP contribution in [-0.4, -0.2) is 13.1 Å². The lowest BCUT2D eigenvalue weighted by molar-refractivity contribution is -0.139. The lowest BCUT2D eigenvalue weighted by Gasteiger charge is -2.08.